The lowest BCUT2D eigenvalue weighted by molar-refractivity contribution is -0.138. The molecule has 1 aliphatic heterocycles. The maximum absolute atomic E-state index is 13.7. The van der Waals surface area contributed by atoms with Gasteiger partial charge < -0.3 is 20.3 Å². The molecule has 214 valence electrons. The number of halogens is 2. The van der Waals surface area contributed by atoms with Crippen LogP contribution in [0.1, 0.15) is 22.9 Å². The van der Waals surface area contributed by atoms with Crippen molar-refractivity contribution < 1.29 is 19.1 Å². The number of tetrazole rings is 1. The number of ether oxygens (including phenoxy) is 1. The molecule has 0 saturated carbocycles. The van der Waals surface area contributed by atoms with Crippen LogP contribution in [-0.2, 0) is 25.5 Å². The van der Waals surface area contributed by atoms with Crippen LogP contribution < -0.4 is 10.6 Å². The first-order valence-corrected chi connectivity index (χ1v) is 13.5. The smallest absolute Gasteiger partial charge is 0.325 e. The van der Waals surface area contributed by atoms with Gasteiger partial charge in [-0.05, 0) is 65.0 Å². The van der Waals surface area contributed by atoms with Crippen molar-refractivity contribution in [2.24, 2.45) is 0 Å². The number of aromatic nitrogens is 5. The molecule has 2 aromatic carbocycles. The molecular formula is C28H24Cl2N8O4. The molecule has 1 aliphatic rings. The molecule has 0 aliphatic carbocycles. The van der Waals surface area contributed by atoms with Crippen LogP contribution >= 0.6 is 23.2 Å². The summed E-state index contributed by atoms with van der Waals surface area (Å²) in [6, 6.07) is 14.3. The van der Waals surface area contributed by atoms with E-state index in [4.69, 9.17) is 23.2 Å². The number of fused-ring (bicyclic) bond motifs is 1. The van der Waals surface area contributed by atoms with Crippen LogP contribution in [0.4, 0.5) is 11.4 Å². The number of hydrogen-bond acceptors (Lipinski definition) is 9. The topological polar surface area (TPSA) is 144 Å². The standard InChI is InChI=1S/C28H24Cl2N8O4/c1-42-26(40)15-31-19-4-6-20(7-5-19)33-28(41)27-21-8-10-24(30)34-22(21)12-13-37(27)25(39)11-2-17-14-18(29)3-9-23(17)38-16-32-35-36-38/h2-11,14,16,27,31H,12-13,15H2,1H3,(H,33,41)/b11-2+. The van der Waals surface area contributed by atoms with Crippen LogP contribution in [0.2, 0.25) is 10.2 Å². The van der Waals surface area contributed by atoms with Gasteiger partial charge in [-0.2, -0.15) is 4.68 Å². The molecule has 4 aromatic rings. The predicted molar refractivity (Wildman–Crippen MR) is 156 cm³/mol. The van der Waals surface area contributed by atoms with Crippen molar-refractivity contribution in [3.05, 3.63) is 94.0 Å². The van der Waals surface area contributed by atoms with E-state index in [0.717, 1.165) is 0 Å². The summed E-state index contributed by atoms with van der Waals surface area (Å²) in [4.78, 5) is 44.5. The third-order valence-corrected chi connectivity index (χ3v) is 6.96. The summed E-state index contributed by atoms with van der Waals surface area (Å²) >= 11 is 12.3. The molecule has 2 amide bonds. The van der Waals surface area contributed by atoms with E-state index in [0.29, 0.717) is 50.5 Å². The molecule has 0 bridgehead atoms. The number of nitrogens with one attached hydrogen (secondary N) is 2. The number of esters is 1. The third kappa shape index (κ3) is 6.56. The van der Waals surface area contributed by atoms with E-state index in [1.54, 1.807) is 60.7 Å². The van der Waals surface area contributed by atoms with Gasteiger partial charge in [-0.15, -0.1) is 5.10 Å². The Morgan fingerprint density at radius 1 is 1.07 bits per heavy atom. The minimum atomic E-state index is -0.967. The molecule has 0 saturated heterocycles. The molecule has 5 rings (SSSR count). The Kier molecular flexibility index (Phi) is 8.74. The third-order valence-electron chi connectivity index (χ3n) is 6.51. The lowest BCUT2D eigenvalue weighted by Crippen LogP contribution is -2.45. The molecule has 1 atom stereocenters. The van der Waals surface area contributed by atoms with Gasteiger partial charge in [-0.3, -0.25) is 14.4 Å². The lowest BCUT2D eigenvalue weighted by Gasteiger charge is -2.35. The average Bonchev–Trinajstić information content (AvgIpc) is 3.53. The molecule has 0 spiro atoms. The van der Waals surface area contributed by atoms with Crippen molar-refractivity contribution in [1.29, 1.82) is 0 Å². The molecule has 1 unspecified atom stereocenters. The number of nitrogens with zero attached hydrogens (tertiary/aromatic N) is 6. The number of carbonyl (C=O) groups is 3. The van der Waals surface area contributed by atoms with Crippen LogP contribution in [0, 0.1) is 0 Å². The maximum Gasteiger partial charge on any atom is 0.325 e. The average molecular weight is 607 g/mol. The first kappa shape index (κ1) is 28.7. The second-order valence-electron chi connectivity index (χ2n) is 9.14. The quantitative estimate of drug-likeness (QED) is 0.174. The monoisotopic (exact) mass is 606 g/mol. The summed E-state index contributed by atoms with van der Waals surface area (Å²) in [6.07, 6.45) is 4.85. The van der Waals surface area contributed by atoms with Crippen LogP contribution in [-0.4, -0.2) is 68.1 Å². The maximum atomic E-state index is 13.7. The Bertz CT molecular complexity index is 1640. The summed E-state index contributed by atoms with van der Waals surface area (Å²) in [7, 11) is 1.31. The van der Waals surface area contributed by atoms with E-state index < -0.39 is 17.9 Å². The highest BCUT2D eigenvalue weighted by Gasteiger charge is 2.36. The van der Waals surface area contributed by atoms with Gasteiger partial charge in [0.25, 0.3) is 5.91 Å². The predicted octanol–water partition coefficient (Wildman–Crippen LogP) is 3.73. The van der Waals surface area contributed by atoms with E-state index in [9.17, 15) is 14.4 Å². The van der Waals surface area contributed by atoms with Gasteiger partial charge in [0.2, 0.25) is 5.91 Å². The molecule has 0 radical (unpaired) electrons. The van der Waals surface area contributed by atoms with Crippen LogP contribution in [0.3, 0.4) is 0 Å². The fourth-order valence-electron chi connectivity index (χ4n) is 4.50. The highest BCUT2D eigenvalue weighted by Crippen LogP contribution is 2.32. The van der Waals surface area contributed by atoms with Gasteiger partial charge >= 0.3 is 5.97 Å². The van der Waals surface area contributed by atoms with Crippen molar-refractivity contribution in [2.75, 3.05) is 30.8 Å². The number of rotatable bonds is 8. The Labute approximate surface area is 250 Å². The van der Waals surface area contributed by atoms with Crippen molar-refractivity contribution in [2.45, 2.75) is 12.5 Å². The van der Waals surface area contributed by atoms with E-state index >= 15 is 0 Å². The van der Waals surface area contributed by atoms with Crippen LogP contribution in [0.5, 0.6) is 0 Å². The van der Waals surface area contributed by atoms with Crippen molar-refractivity contribution >= 4 is 58.4 Å². The van der Waals surface area contributed by atoms with Crippen molar-refractivity contribution in [3.8, 4) is 5.69 Å². The zero-order valence-electron chi connectivity index (χ0n) is 22.2. The molecule has 12 nitrogen and oxygen atoms in total. The fourth-order valence-corrected chi connectivity index (χ4v) is 4.85. The number of methoxy groups -OCH3 is 1. The van der Waals surface area contributed by atoms with Gasteiger partial charge in [-0.1, -0.05) is 29.3 Å². The Balaban J connectivity index is 1.39. The van der Waals surface area contributed by atoms with Crippen LogP contribution in [0.25, 0.3) is 11.8 Å². The molecule has 2 N–H and O–H groups in total. The highest BCUT2D eigenvalue weighted by molar-refractivity contribution is 6.30. The second-order valence-corrected chi connectivity index (χ2v) is 9.96. The number of anilines is 2. The number of pyridine rings is 1. The molecule has 2 aromatic heterocycles. The lowest BCUT2D eigenvalue weighted by atomic mass is 9.95. The molecule has 3 heterocycles. The van der Waals surface area contributed by atoms with E-state index in [1.807, 2.05) is 0 Å². The van der Waals surface area contributed by atoms with Crippen LogP contribution in [0.15, 0.2) is 67.0 Å². The Hall–Kier alpha value is -4.81. The molecular weight excluding hydrogens is 583 g/mol. The van der Waals surface area contributed by atoms with E-state index in [-0.39, 0.29) is 19.0 Å². The Morgan fingerprint density at radius 3 is 2.60 bits per heavy atom. The summed E-state index contributed by atoms with van der Waals surface area (Å²) in [5, 5.41) is 17.8. The number of benzene rings is 2. The van der Waals surface area contributed by atoms with Crippen molar-refractivity contribution in [1.82, 2.24) is 30.1 Å². The zero-order valence-corrected chi connectivity index (χ0v) is 23.7. The highest BCUT2D eigenvalue weighted by atomic mass is 35.5. The van der Waals surface area contributed by atoms with Gasteiger partial charge in [0.15, 0.2) is 0 Å². The zero-order chi connectivity index (χ0) is 29.6. The molecule has 42 heavy (non-hydrogen) atoms. The largest absolute Gasteiger partial charge is 0.468 e. The molecule has 0 fully saturated rings. The minimum Gasteiger partial charge on any atom is -0.468 e. The van der Waals surface area contributed by atoms with Gasteiger partial charge in [0, 0.05) is 52.3 Å². The van der Waals surface area contributed by atoms with Crippen molar-refractivity contribution in [3.63, 3.8) is 0 Å². The minimum absolute atomic E-state index is 0.00755. The van der Waals surface area contributed by atoms with E-state index in [1.165, 1.54) is 29.1 Å². The SMILES string of the molecule is COC(=O)CNc1ccc(NC(=O)C2c3ccc(Cl)nc3CCN2C(=O)/C=C/c2cc(Cl)ccc2-n2cnnn2)cc1. The molecule has 14 heteroatoms. The number of amides is 2. The summed E-state index contributed by atoms with van der Waals surface area (Å²) in [5.41, 5.74) is 3.63. The summed E-state index contributed by atoms with van der Waals surface area (Å²) < 4.78 is 6.09. The normalized spacial score (nSPS) is 14.4. The fraction of sp³-hybridized carbons (Fsp3) is 0.179. The van der Waals surface area contributed by atoms with E-state index in [2.05, 4.69) is 35.9 Å². The number of carbonyl (C=O) groups excluding carboxylic acids is 3. The Morgan fingerprint density at radius 2 is 1.86 bits per heavy atom. The first-order chi connectivity index (χ1) is 20.3. The first-order valence-electron chi connectivity index (χ1n) is 12.7. The summed E-state index contributed by atoms with van der Waals surface area (Å²) in [5.74, 6) is -1.21. The van der Waals surface area contributed by atoms with Gasteiger partial charge in [0.05, 0.1) is 12.8 Å². The van der Waals surface area contributed by atoms with Gasteiger partial charge in [-0.25, -0.2) is 4.98 Å². The second kappa shape index (κ2) is 12.8. The van der Waals surface area contributed by atoms with Gasteiger partial charge in [0.1, 0.15) is 24.1 Å². The number of hydrogen-bond donors (Lipinski definition) is 2. The summed E-state index contributed by atoms with van der Waals surface area (Å²) in [6.45, 7) is 0.251.